The zero-order chi connectivity index (χ0) is 7.12. The highest BCUT2D eigenvalue weighted by molar-refractivity contribution is 5.85. The van der Waals surface area contributed by atoms with E-state index in [2.05, 4.69) is 0 Å². The van der Waals surface area contributed by atoms with Crippen molar-refractivity contribution in [1.82, 2.24) is 0 Å². The molecule has 1 aliphatic carbocycles. The van der Waals surface area contributed by atoms with E-state index >= 15 is 0 Å². The van der Waals surface area contributed by atoms with Gasteiger partial charge in [-0.05, 0) is 19.8 Å². The van der Waals surface area contributed by atoms with Gasteiger partial charge in [-0.25, -0.2) is 8.78 Å². The van der Waals surface area contributed by atoms with E-state index in [0.29, 0.717) is 12.8 Å². The van der Waals surface area contributed by atoms with Crippen molar-refractivity contribution in [2.24, 2.45) is 11.1 Å². The number of hydrogen-bond acceptors (Lipinski definition) is 1. The van der Waals surface area contributed by atoms with Crippen molar-refractivity contribution in [3.05, 3.63) is 0 Å². The molecule has 1 aliphatic rings. The third kappa shape index (κ3) is 1.40. The van der Waals surface area contributed by atoms with Crippen molar-refractivity contribution >= 4 is 12.4 Å². The molecule has 0 saturated heterocycles. The van der Waals surface area contributed by atoms with Crippen LogP contribution in [0.15, 0.2) is 0 Å². The molecule has 0 aromatic rings. The molecule has 0 aromatic heterocycles. The summed E-state index contributed by atoms with van der Waals surface area (Å²) in [5.74, 6) is -2.57. The topological polar surface area (TPSA) is 26.0 Å². The highest BCUT2D eigenvalue weighted by Crippen LogP contribution is 2.55. The number of hydrogen-bond donors (Lipinski definition) is 1. The molecule has 10 heavy (non-hydrogen) atoms. The minimum atomic E-state index is -2.57. The fourth-order valence-electron chi connectivity index (χ4n) is 0.973. The van der Waals surface area contributed by atoms with Gasteiger partial charge >= 0.3 is 0 Å². The van der Waals surface area contributed by atoms with E-state index in [9.17, 15) is 8.78 Å². The van der Waals surface area contributed by atoms with E-state index in [1.807, 2.05) is 0 Å². The molecule has 1 nitrogen and oxygen atoms in total. The summed E-state index contributed by atoms with van der Waals surface area (Å²) in [4.78, 5) is 0. The lowest BCUT2D eigenvalue weighted by atomic mass is 10.0. The van der Waals surface area contributed by atoms with Gasteiger partial charge in [0, 0.05) is 12.0 Å². The van der Waals surface area contributed by atoms with Gasteiger partial charge in [0.05, 0.1) is 0 Å². The van der Waals surface area contributed by atoms with Crippen LogP contribution in [0.1, 0.15) is 19.8 Å². The SMILES string of the molecule is CC(F)(F)C1(CN)CC1.Cl. The first-order valence-corrected chi connectivity index (χ1v) is 3.10. The summed E-state index contributed by atoms with van der Waals surface area (Å²) in [5, 5.41) is 0. The van der Waals surface area contributed by atoms with Gasteiger partial charge in [0.1, 0.15) is 0 Å². The van der Waals surface area contributed by atoms with Gasteiger partial charge in [-0.3, -0.25) is 0 Å². The maximum atomic E-state index is 12.5. The zero-order valence-electron chi connectivity index (χ0n) is 5.86. The fourth-order valence-corrected chi connectivity index (χ4v) is 0.973. The maximum Gasteiger partial charge on any atom is 0.252 e. The Bertz CT molecular complexity index is 117. The normalized spacial score (nSPS) is 21.6. The Morgan fingerprint density at radius 3 is 1.90 bits per heavy atom. The quantitative estimate of drug-likeness (QED) is 0.674. The van der Waals surface area contributed by atoms with Crippen molar-refractivity contribution in [3.8, 4) is 0 Å². The van der Waals surface area contributed by atoms with E-state index in [1.165, 1.54) is 0 Å². The second-order valence-corrected chi connectivity index (χ2v) is 2.87. The molecule has 1 fully saturated rings. The highest BCUT2D eigenvalue weighted by atomic mass is 35.5. The monoisotopic (exact) mass is 171 g/mol. The van der Waals surface area contributed by atoms with Crippen LogP contribution in [-0.4, -0.2) is 12.5 Å². The smallest absolute Gasteiger partial charge is 0.252 e. The van der Waals surface area contributed by atoms with E-state index in [0.717, 1.165) is 6.92 Å². The summed E-state index contributed by atoms with van der Waals surface area (Å²) in [6.07, 6.45) is 1.18. The van der Waals surface area contributed by atoms with Crippen LogP contribution >= 0.6 is 12.4 Å². The molecule has 0 bridgehead atoms. The minimum Gasteiger partial charge on any atom is -0.330 e. The molecule has 0 heterocycles. The predicted octanol–water partition coefficient (Wildman–Crippen LogP) is 1.80. The minimum absolute atomic E-state index is 0. The van der Waals surface area contributed by atoms with Gasteiger partial charge in [-0.1, -0.05) is 0 Å². The molecular weight excluding hydrogens is 160 g/mol. The number of halogens is 3. The lowest BCUT2D eigenvalue weighted by Crippen LogP contribution is -2.32. The largest absolute Gasteiger partial charge is 0.330 e. The fraction of sp³-hybridized carbons (Fsp3) is 1.00. The lowest BCUT2D eigenvalue weighted by Gasteiger charge is -2.20. The molecule has 0 radical (unpaired) electrons. The van der Waals surface area contributed by atoms with Gasteiger partial charge in [0.15, 0.2) is 0 Å². The average molecular weight is 172 g/mol. The summed E-state index contributed by atoms with van der Waals surface area (Å²) in [6.45, 7) is 1.07. The molecule has 0 aliphatic heterocycles. The summed E-state index contributed by atoms with van der Waals surface area (Å²) in [6, 6.07) is 0. The van der Waals surface area contributed by atoms with Crippen molar-refractivity contribution in [2.45, 2.75) is 25.7 Å². The Balaban J connectivity index is 0.000000810. The zero-order valence-corrected chi connectivity index (χ0v) is 6.68. The Labute approximate surface area is 65.4 Å². The first-order valence-electron chi connectivity index (χ1n) is 3.10. The first-order chi connectivity index (χ1) is 4.02. The molecule has 4 heteroatoms. The van der Waals surface area contributed by atoms with Crippen LogP contribution in [0.2, 0.25) is 0 Å². The van der Waals surface area contributed by atoms with Gasteiger partial charge in [-0.2, -0.15) is 0 Å². The van der Waals surface area contributed by atoms with Crippen LogP contribution < -0.4 is 5.73 Å². The van der Waals surface area contributed by atoms with E-state index < -0.39 is 11.3 Å². The van der Waals surface area contributed by atoms with E-state index in [4.69, 9.17) is 5.73 Å². The van der Waals surface area contributed by atoms with Crippen LogP contribution in [0.25, 0.3) is 0 Å². The van der Waals surface area contributed by atoms with Gasteiger partial charge in [-0.15, -0.1) is 12.4 Å². The summed E-state index contributed by atoms with van der Waals surface area (Å²) >= 11 is 0. The van der Waals surface area contributed by atoms with Crippen molar-refractivity contribution < 1.29 is 8.78 Å². The number of nitrogens with two attached hydrogens (primary N) is 1. The second kappa shape index (κ2) is 2.62. The third-order valence-corrected chi connectivity index (χ3v) is 2.18. The van der Waals surface area contributed by atoms with Crippen LogP contribution in [0, 0.1) is 5.41 Å². The Kier molecular flexibility index (Phi) is 2.65. The van der Waals surface area contributed by atoms with Crippen LogP contribution in [0.4, 0.5) is 8.78 Å². The summed E-state index contributed by atoms with van der Waals surface area (Å²) in [5.41, 5.74) is 4.35. The van der Waals surface area contributed by atoms with Crippen LogP contribution in [0.5, 0.6) is 0 Å². The second-order valence-electron chi connectivity index (χ2n) is 2.87. The van der Waals surface area contributed by atoms with E-state index in [-0.39, 0.29) is 19.0 Å². The molecule has 0 amide bonds. The van der Waals surface area contributed by atoms with Gasteiger partial charge in [0.25, 0.3) is 5.92 Å². The van der Waals surface area contributed by atoms with Crippen molar-refractivity contribution in [1.29, 1.82) is 0 Å². The standard InChI is InChI=1S/C6H11F2N.ClH/c1-5(7,8)6(4-9)2-3-6;/h2-4,9H2,1H3;1H. The molecule has 2 N–H and O–H groups in total. The maximum absolute atomic E-state index is 12.5. The first kappa shape index (κ1) is 10.1. The molecule has 0 aromatic carbocycles. The lowest BCUT2D eigenvalue weighted by molar-refractivity contribution is -0.0502. The number of rotatable bonds is 2. The van der Waals surface area contributed by atoms with Gasteiger partial charge in [0.2, 0.25) is 0 Å². The summed E-state index contributed by atoms with van der Waals surface area (Å²) in [7, 11) is 0. The predicted molar refractivity (Wildman–Crippen MR) is 38.6 cm³/mol. The Morgan fingerprint density at radius 2 is 1.90 bits per heavy atom. The molecule has 62 valence electrons. The molecule has 0 atom stereocenters. The number of alkyl halides is 2. The summed E-state index contributed by atoms with van der Waals surface area (Å²) < 4.78 is 25.0. The van der Waals surface area contributed by atoms with Crippen LogP contribution in [-0.2, 0) is 0 Å². The third-order valence-electron chi connectivity index (χ3n) is 2.18. The van der Waals surface area contributed by atoms with Gasteiger partial charge < -0.3 is 5.73 Å². The highest BCUT2D eigenvalue weighted by Gasteiger charge is 2.57. The van der Waals surface area contributed by atoms with Crippen molar-refractivity contribution in [2.75, 3.05) is 6.54 Å². The van der Waals surface area contributed by atoms with Crippen molar-refractivity contribution in [3.63, 3.8) is 0 Å². The van der Waals surface area contributed by atoms with Crippen LogP contribution in [0.3, 0.4) is 0 Å². The molecule has 1 saturated carbocycles. The molecule has 0 spiro atoms. The Hall–Kier alpha value is 0.110. The average Bonchev–Trinajstić information content (AvgIpc) is 2.40. The van der Waals surface area contributed by atoms with E-state index in [1.54, 1.807) is 0 Å². The Morgan fingerprint density at radius 1 is 1.50 bits per heavy atom. The molecule has 1 rings (SSSR count). The molecule has 0 unspecified atom stereocenters. The molecular formula is C6H12ClF2N.